The van der Waals surface area contributed by atoms with Crippen LogP contribution in [-0.4, -0.2) is 5.91 Å². The Morgan fingerprint density at radius 1 is 1.22 bits per heavy atom. The number of hydrogen-bond acceptors (Lipinski definition) is 3. The first kappa shape index (κ1) is 11.6. The molecular weight excluding hydrogens is 314 g/mol. The van der Waals surface area contributed by atoms with Crippen molar-refractivity contribution in [2.45, 2.75) is 4.90 Å². The van der Waals surface area contributed by atoms with Crippen molar-refractivity contribution in [1.29, 1.82) is 0 Å². The smallest absolute Gasteiger partial charge is 0.262 e. The van der Waals surface area contributed by atoms with Crippen molar-refractivity contribution in [2.75, 3.05) is 5.32 Å². The van der Waals surface area contributed by atoms with Crippen LogP contribution in [0.15, 0.2) is 55.3 Å². The molecular formula is C13H8BrNO2S. The summed E-state index contributed by atoms with van der Waals surface area (Å²) in [5.74, 6) is 0.546. The fourth-order valence-corrected chi connectivity index (χ4v) is 2.89. The van der Waals surface area contributed by atoms with E-state index in [1.54, 1.807) is 12.1 Å². The zero-order valence-electron chi connectivity index (χ0n) is 9.14. The summed E-state index contributed by atoms with van der Waals surface area (Å²) in [7, 11) is 0. The van der Waals surface area contributed by atoms with Crippen molar-refractivity contribution < 1.29 is 9.21 Å². The van der Waals surface area contributed by atoms with Gasteiger partial charge in [-0.25, -0.2) is 0 Å². The molecule has 1 aromatic heterocycles. The molecule has 90 valence electrons. The van der Waals surface area contributed by atoms with Gasteiger partial charge < -0.3 is 9.73 Å². The summed E-state index contributed by atoms with van der Waals surface area (Å²) in [6.45, 7) is 0. The van der Waals surface area contributed by atoms with Crippen LogP contribution in [0.25, 0.3) is 6.08 Å². The molecule has 2 aromatic rings. The lowest BCUT2D eigenvalue weighted by atomic mass is 10.3. The lowest BCUT2D eigenvalue weighted by Crippen LogP contribution is -2.16. The van der Waals surface area contributed by atoms with Crippen LogP contribution in [0, 0.1) is 0 Å². The normalized spacial score (nSPS) is 16.5. The molecule has 5 heteroatoms. The summed E-state index contributed by atoms with van der Waals surface area (Å²) in [6, 6.07) is 11.3. The highest BCUT2D eigenvalue weighted by Gasteiger charge is 2.20. The first-order valence-electron chi connectivity index (χ1n) is 5.27. The van der Waals surface area contributed by atoms with E-state index in [4.69, 9.17) is 4.42 Å². The van der Waals surface area contributed by atoms with Crippen LogP contribution in [0.5, 0.6) is 0 Å². The van der Waals surface area contributed by atoms with Gasteiger partial charge in [0.25, 0.3) is 5.91 Å². The van der Waals surface area contributed by atoms with Gasteiger partial charge in [-0.05, 0) is 40.2 Å². The maximum absolute atomic E-state index is 11.9. The number of hydrogen-bond donors (Lipinski definition) is 1. The van der Waals surface area contributed by atoms with E-state index in [1.165, 1.54) is 11.8 Å². The van der Waals surface area contributed by atoms with E-state index in [1.807, 2.05) is 30.3 Å². The lowest BCUT2D eigenvalue weighted by Gasteiger charge is -2.17. The molecule has 0 radical (unpaired) electrons. The monoisotopic (exact) mass is 321 g/mol. The number of anilines is 1. The van der Waals surface area contributed by atoms with Crippen LogP contribution in [-0.2, 0) is 4.79 Å². The van der Waals surface area contributed by atoms with Crippen LogP contribution in [0.3, 0.4) is 0 Å². The van der Waals surface area contributed by atoms with E-state index in [2.05, 4.69) is 21.2 Å². The molecule has 0 saturated heterocycles. The van der Waals surface area contributed by atoms with Gasteiger partial charge >= 0.3 is 0 Å². The van der Waals surface area contributed by atoms with Crippen LogP contribution >= 0.6 is 27.7 Å². The summed E-state index contributed by atoms with van der Waals surface area (Å²) < 4.78 is 6.02. The largest absolute Gasteiger partial charge is 0.450 e. The van der Waals surface area contributed by atoms with Crippen molar-refractivity contribution >= 4 is 45.4 Å². The molecule has 1 amide bonds. The number of rotatable bonds is 1. The Morgan fingerprint density at radius 3 is 2.83 bits per heavy atom. The Bertz CT molecular complexity index is 648. The number of amides is 1. The van der Waals surface area contributed by atoms with Crippen LogP contribution < -0.4 is 5.32 Å². The lowest BCUT2D eigenvalue weighted by molar-refractivity contribution is -0.112. The average molecular weight is 322 g/mol. The van der Waals surface area contributed by atoms with Crippen molar-refractivity contribution in [3.63, 3.8) is 0 Å². The minimum absolute atomic E-state index is 0.105. The third kappa shape index (κ3) is 2.23. The maximum atomic E-state index is 11.9. The third-order valence-electron chi connectivity index (χ3n) is 2.45. The molecule has 1 aromatic carbocycles. The molecule has 0 fully saturated rings. The first-order chi connectivity index (χ1) is 8.72. The fraction of sp³-hybridized carbons (Fsp3) is 0. The summed E-state index contributed by atoms with van der Waals surface area (Å²) >= 11 is 4.68. The van der Waals surface area contributed by atoms with Gasteiger partial charge in [0.05, 0.1) is 10.6 Å². The standard InChI is InChI=1S/C13H8BrNO2S/c14-12-6-5-8(17-12)7-11-13(16)15-9-3-1-2-4-10(9)18-11/h1-7H,(H,15,16)/b11-7-. The van der Waals surface area contributed by atoms with Gasteiger partial charge in [0.1, 0.15) is 5.76 Å². The van der Waals surface area contributed by atoms with Crippen molar-refractivity contribution in [3.05, 3.63) is 51.7 Å². The zero-order chi connectivity index (χ0) is 12.5. The van der Waals surface area contributed by atoms with Gasteiger partial charge in [-0.3, -0.25) is 4.79 Å². The van der Waals surface area contributed by atoms with Gasteiger partial charge in [0.2, 0.25) is 0 Å². The number of carbonyl (C=O) groups is 1. The molecule has 1 aliphatic heterocycles. The van der Waals surface area contributed by atoms with Crippen molar-refractivity contribution in [3.8, 4) is 0 Å². The molecule has 18 heavy (non-hydrogen) atoms. The van der Waals surface area contributed by atoms with Crippen LogP contribution in [0.2, 0.25) is 0 Å². The topological polar surface area (TPSA) is 42.2 Å². The predicted octanol–water partition coefficient (Wildman–Crippen LogP) is 4.13. The summed E-state index contributed by atoms with van der Waals surface area (Å²) in [6.07, 6.45) is 1.74. The van der Waals surface area contributed by atoms with E-state index in [0.717, 1.165) is 10.6 Å². The molecule has 0 saturated carbocycles. The predicted molar refractivity (Wildman–Crippen MR) is 75.3 cm³/mol. The Hall–Kier alpha value is -1.46. The molecule has 3 rings (SSSR count). The SMILES string of the molecule is O=C1Nc2ccccc2S/C1=C\c1ccc(Br)o1. The molecule has 0 atom stereocenters. The number of furan rings is 1. The number of nitrogens with one attached hydrogen (secondary N) is 1. The zero-order valence-corrected chi connectivity index (χ0v) is 11.5. The highest BCUT2D eigenvalue weighted by molar-refractivity contribution is 9.10. The second-order valence-corrected chi connectivity index (χ2v) is 5.57. The summed E-state index contributed by atoms with van der Waals surface area (Å²) in [4.78, 5) is 13.6. The molecule has 0 unspecified atom stereocenters. The Balaban J connectivity index is 1.96. The van der Waals surface area contributed by atoms with Gasteiger partial charge in [-0.2, -0.15) is 0 Å². The number of fused-ring (bicyclic) bond motifs is 1. The number of carbonyl (C=O) groups excluding carboxylic acids is 1. The third-order valence-corrected chi connectivity index (χ3v) is 3.97. The molecule has 1 N–H and O–H groups in total. The van der Waals surface area contributed by atoms with E-state index in [0.29, 0.717) is 15.3 Å². The minimum Gasteiger partial charge on any atom is -0.450 e. The Morgan fingerprint density at radius 2 is 2.06 bits per heavy atom. The Labute approximate surface area is 116 Å². The fourth-order valence-electron chi connectivity index (χ4n) is 1.64. The molecule has 2 heterocycles. The van der Waals surface area contributed by atoms with E-state index >= 15 is 0 Å². The highest BCUT2D eigenvalue weighted by Crippen LogP contribution is 2.38. The van der Waals surface area contributed by atoms with Gasteiger partial charge in [-0.1, -0.05) is 23.9 Å². The van der Waals surface area contributed by atoms with Crippen LogP contribution in [0.4, 0.5) is 5.69 Å². The second-order valence-electron chi connectivity index (χ2n) is 3.70. The summed E-state index contributed by atoms with van der Waals surface area (Å²) in [5, 5.41) is 2.86. The number of para-hydroxylation sites is 1. The highest BCUT2D eigenvalue weighted by atomic mass is 79.9. The van der Waals surface area contributed by atoms with E-state index in [9.17, 15) is 4.79 Å². The molecule has 0 spiro atoms. The van der Waals surface area contributed by atoms with Gasteiger partial charge in [0.15, 0.2) is 4.67 Å². The number of benzene rings is 1. The van der Waals surface area contributed by atoms with Crippen molar-refractivity contribution in [2.24, 2.45) is 0 Å². The van der Waals surface area contributed by atoms with E-state index in [-0.39, 0.29) is 5.91 Å². The van der Waals surface area contributed by atoms with Gasteiger partial charge in [0, 0.05) is 11.0 Å². The van der Waals surface area contributed by atoms with E-state index < -0.39 is 0 Å². The Kier molecular flexibility index (Phi) is 3.01. The van der Waals surface area contributed by atoms with Crippen molar-refractivity contribution in [1.82, 2.24) is 0 Å². The maximum Gasteiger partial charge on any atom is 0.262 e. The number of thioether (sulfide) groups is 1. The second kappa shape index (κ2) is 4.66. The average Bonchev–Trinajstić information content (AvgIpc) is 2.76. The van der Waals surface area contributed by atoms with Gasteiger partial charge in [-0.15, -0.1) is 0 Å². The minimum atomic E-state index is -0.105. The quantitative estimate of drug-likeness (QED) is 0.803. The number of halogens is 1. The molecule has 0 bridgehead atoms. The molecule has 3 nitrogen and oxygen atoms in total. The summed E-state index contributed by atoms with van der Waals surface area (Å²) in [5.41, 5.74) is 0.852. The van der Waals surface area contributed by atoms with Crippen LogP contribution in [0.1, 0.15) is 5.76 Å². The first-order valence-corrected chi connectivity index (χ1v) is 6.88. The molecule has 1 aliphatic rings. The molecule has 0 aliphatic carbocycles.